The summed E-state index contributed by atoms with van der Waals surface area (Å²) in [6, 6.07) is 16.1. The summed E-state index contributed by atoms with van der Waals surface area (Å²) >= 11 is 0. The van der Waals surface area contributed by atoms with Gasteiger partial charge in [-0.25, -0.2) is 13.2 Å². The minimum Gasteiger partial charge on any atom is -0.494 e. The number of nitrogens with zero attached hydrogens (tertiary/aromatic N) is 2. The van der Waals surface area contributed by atoms with Crippen LogP contribution in [0.3, 0.4) is 0 Å². The smallest absolute Gasteiger partial charge is 0.325 e. The van der Waals surface area contributed by atoms with Crippen LogP contribution in [0.1, 0.15) is 12.5 Å². The number of rotatable bonds is 5. The molecule has 0 radical (unpaired) electrons. The van der Waals surface area contributed by atoms with Gasteiger partial charge in [0.25, 0.3) is 0 Å². The van der Waals surface area contributed by atoms with Crippen LogP contribution in [0.4, 0.5) is 10.5 Å². The first-order chi connectivity index (χ1) is 13.0. The first-order valence-electron chi connectivity index (χ1n) is 9.05. The molecule has 27 heavy (non-hydrogen) atoms. The van der Waals surface area contributed by atoms with Gasteiger partial charge in [-0.1, -0.05) is 30.3 Å². The van der Waals surface area contributed by atoms with Crippen LogP contribution in [0.25, 0.3) is 0 Å². The molecular formula is C20H22N2O4S. The molecule has 2 heterocycles. The van der Waals surface area contributed by atoms with E-state index < -0.39 is 9.84 Å². The van der Waals surface area contributed by atoms with E-state index in [0.29, 0.717) is 18.8 Å². The summed E-state index contributed by atoms with van der Waals surface area (Å²) in [6.07, 6.45) is 0. The van der Waals surface area contributed by atoms with Crippen molar-refractivity contribution in [2.24, 2.45) is 0 Å². The van der Waals surface area contributed by atoms with E-state index in [1.54, 1.807) is 9.80 Å². The van der Waals surface area contributed by atoms with Gasteiger partial charge in [0.1, 0.15) is 5.75 Å². The number of amides is 2. The van der Waals surface area contributed by atoms with Crippen molar-refractivity contribution in [2.75, 3.05) is 23.0 Å². The Morgan fingerprint density at radius 3 is 2.33 bits per heavy atom. The van der Waals surface area contributed by atoms with E-state index in [-0.39, 0.29) is 29.6 Å². The molecule has 6 nitrogen and oxygen atoms in total. The van der Waals surface area contributed by atoms with E-state index in [9.17, 15) is 13.2 Å². The van der Waals surface area contributed by atoms with Gasteiger partial charge in [0.05, 0.1) is 30.2 Å². The summed E-state index contributed by atoms with van der Waals surface area (Å²) in [4.78, 5) is 16.5. The first-order valence-corrected chi connectivity index (χ1v) is 10.9. The topological polar surface area (TPSA) is 66.9 Å². The molecule has 2 aliphatic heterocycles. The number of fused-ring (bicyclic) bond motifs is 1. The highest BCUT2D eigenvalue weighted by atomic mass is 32.2. The summed E-state index contributed by atoms with van der Waals surface area (Å²) in [5, 5.41) is 0. The van der Waals surface area contributed by atoms with E-state index >= 15 is 0 Å². The Balaban J connectivity index is 1.66. The third kappa shape index (κ3) is 3.39. The van der Waals surface area contributed by atoms with Crippen LogP contribution in [0.5, 0.6) is 5.75 Å². The third-order valence-electron chi connectivity index (χ3n) is 5.10. The van der Waals surface area contributed by atoms with Crippen molar-refractivity contribution in [3.05, 3.63) is 60.2 Å². The van der Waals surface area contributed by atoms with Crippen molar-refractivity contribution in [1.29, 1.82) is 0 Å². The number of benzene rings is 2. The van der Waals surface area contributed by atoms with Gasteiger partial charge < -0.3 is 9.64 Å². The highest BCUT2D eigenvalue weighted by Gasteiger charge is 2.53. The Morgan fingerprint density at radius 1 is 1.00 bits per heavy atom. The van der Waals surface area contributed by atoms with Crippen LogP contribution in [-0.2, 0) is 16.4 Å². The van der Waals surface area contributed by atoms with Gasteiger partial charge in [-0.3, -0.25) is 4.90 Å². The van der Waals surface area contributed by atoms with Crippen LogP contribution >= 0.6 is 0 Å². The van der Waals surface area contributed by atoms with Crippen molar-refractivity contribution in [3.63, 3.8) is 0 Å². The maximum Gasteiger partial charge on any atom is 0.325 e. The SMILES string of the molecule is CCOc1ccc(N2C(=O)N(Cc3ccccc3)C3CS(=O)(=O)CC32)cc1. The molecule has 142 valence electrons. The quantitative estimate of drug-likeness (QED) is 0.741. The van der Waals surface area contributed by atoms with Crippen molar-refractivity contribution in [2.45, 2.75) is 25.6 Å². The van der Waals surface area contributed by atoms with Crippen LogP contribution in [0.15, 0.2) is 54.6 Å². The molecule has 2 amide bonds. The second-order valence-corrected chi connectivity index (χ2v) is 9.06. The van der Waals surface area contributed by atoms with Crippen LogP contribution in [0.2, 0.25) is 0 Å². The van der Waals surface area contributed by atoms with E-state index in [2.05, 4.69) is 0 Å². The molecule has 2 atom stereocenters. The Kier molecular flexibility index (Phi) is 4.55. The zero-order chi connectivity index (χ0) is 19.0. The summed E-state index contributed by atoms with van der Waals surface area (Å²) in [5.41, 5.74) is 1.69. The van der Waals surface area contributed by atoms with Gasteiger partial charge >= 0.3 is 6.03 Å². The van der Waals surface area contributed by atoms with Crippen molar-refractivity contribution in [1.82, 2.24) is 4.90 Å². The number of carbonyl (C=O) groups excluding carboxylic acids is 1. The Hall–Kier alpha value is -2.54. The minimum atomic E-state index is -3.17. The minimum absolute atomic E-state index is 0.00189. The second kappa shape index (κ2) is 6.88. The summed E-state index contributed by atoms with van der Waals surface area (Å²) < 4.78 is 30.0. The molecule has 0 bridgehead atoms. The number of anilines is 1. The molecular weight excluding hydrogens is 364 g/mol. The first kappa shape index (κ1) is 17.9. The van der Waals surface area contributed by atoms with Crippen molar-refractivity contribution >= 4 is 21.6 Å². The Morgan fingerprint density at radius 2 is 1.67 bits per heavy atom. The highest BCUT2D eigenvalue weighted by molar-refractivity contribution is 7.91. The molecule has 4 rings (SSSR count). The fourth-order valence-corrected chi connectivity index (χ4v) is 5.86. The van der Waals surface area contributed by atoms with Gasteiger partial charge in [0.2, 0.25) is 0 Å². The number of carbonyl (C=O) groups is 1. The predicted octanol–water partition coefficient (Wildman–Crippen LogP) is 2.69. The van der Waals surface area contributed by atoms with Crippen LogP contribution in [-0.4, -0.2) is 49.5 Å². The van der Waals surface area contributed by atoms with E-state index in [0.717, 1.165) is 11.3 Å². The summed E-state index contributed by atoms with van der Waals surface area (Å²) in [5.74, 6) is 0.746. The monoisotopic (exact) mass is 386 g/mol. The molecule has 2 unspecified atom stereocenters. The fraction of sp³-hybridized carbons (Fsp3) is 0.350. The molecule has 7 heteroatoms. The molecule has 0 N–H and O–H groups in total. The third-order valence-corrected chi connectivity index (χ3v) is 6.80. The predicted molar refractivity (Wildman–Crippen MR) is 104 cm³/mol. The van der Waals surface area contributed by atoms with Crippen molar-refractivity contribution < 1.29 is 17.9 Å². The molecule has 0 spiro atoms. The van der Waals surface area contributed by atoms with Gasteiger partial charge in [-0.2, -0.15) is 0 Å². The average molecular weight is 386 g/mol. The Labute approximate surface area is 159 Å². The fourth-order valence-electron chi connectivity index (χ4n) is 3.91. The molecule has 2 aliphatic rings. The number of urea groups is 1. The van der Waals surface area contributed by atoms with Gasteiger partial charge in [-0.05, 0) is 36.8 Å². The van der Waals surface area contributed by atoms with Crippen LogP contribution < -0.4 is 9.64 Å². The molecule has 2 saturated heterocycles. The molecule has 2 aromatic carbocycles. The van der Waals surface area contributed by atoms with Gasteiger partial charge in [0, 0.05) is 12.2 Å². The lowest BCUT2D eigenvalue weighted by Crippen LogP contribution is -2.37. The van der Waals surface area contributed by atoms with E-state index in [4.69, 9.17) is 4.74 Å². The highest BCUT2D eigenvalue weighted by Crippen LogP contribution is 2.36. The largest absolute Gasteiger partial charge is 0.494 e. The number of hydrogen-bond donors (Lipinski definition) is 0. The maximum atomic E-state index is 13.2. The lowest BCUT2D eigenvalue weighted by molar-refractivity contribution is 0.206. The Bertz CT molecular complexity index is 928. The molecule has 2 aromatic rings. The normalized spacial score (nSPS) is 23.5. The van der Waals surface area contributed by atoms with Gasteiger partial charge in [0.15, 0.2) is 9.84 Å². The zero-order valence-corrected chi connectivity index (χ0v) is 15.9. The summed E-state index contributed by atoms with van der Waals surface area (Å²) in [7, 11) is -3.17. The number of sulfone groups is 1. The maximum absolute atomic E-state index is 13.2. The number of hydrogen-bond acceptors (Lipinski definition) is 4. The molecule has 0 aliphatic carbocycles. The van der Waals surface area contributed by atoms with E-state index in [1.807, 2.05) is 61.5 Å². The second-order valence-electron chi connectivity index (χ2n) is 6.90. The zero-order valence-electron chi connectivity index (χ0n) is 15.1. The lowest BCUT2D eigenvalue weighted by Gasteiger charge is -2.23. The van der Waals surface area contributed by atoms with E-state index in [1.165, 1.54) is 0 Å². The van der Waals surface area contributed by atoms with Gasteiger partial charge in [-0.15, -0.1) is 0 Å². The average Bonchev–Trinajstić information content (AvgIpc) is 3.08. The molecule has 2 fully saturated rings. The van der Waals surface area contributed by atoms with Crippen molar-refractivity contribution in [3.8, 4) is 5.75 Å². The van der Waals surface area contributed by atoms with Crippen LogP contribution in [0, 0.1) is 0 Å². The number of ether oxygens (including phenoxy) is 1. The summed E-state index contributed by atoms with van der Waals surface area (Å²) in [6.45, 7) is 2.88. The molecule has 0 aromatic heterocycles. The standard InChI is InChI=1S/C20H22N2O4S/c1-2-26-17-10-8-16(9-11-17)22-19-14-27(24,25)13-18(19)21(20(22)23)12-15-6-4-3-5-7-15/h3-11,18-19H,2,12-14H2,1H3. The lowest BCUT2D eigenvalue weighted by atomic mass is 10.1. The molecule has 0 saturated carbocycles.